The van der Waals surface area contributed by atoms with Crippen LogP contribution in [0.4, 0.5) is 0 Å². The van der Waals surface area contributed by atoms with Crippen LogP contribution in [0.3, 0.4) is 0 Å². The summed E-state index contributed by atoms with van der Waals surface area (Å²) in [7, 11) is 0. The van der Waals surface area contributed by atoms with Gasteiger partial charge in [-0.2, -0.15) is 11.8 Å². The molecule has 3 unspecified atom stereocenters. The van der Waals surface area contributed by atoms with E-state index in [4.69, 9.17) is 5.11 Å². The summed E-state index contributed by atoms with van der Waals surface area (Å²) in [6.45, 7) is 5.89. The van der Waals surface area contributed by atoms with Gasteiger partial charge in [-0.05, 0) is 12.3 Å². The van der Waals surface area contributed by atoms with Crippen molar-refractivity contribution in [3.05, 3.63) is 0 Å². The van der Waals surface area contributed by atoms with E-state index in [-0.39, 0.29) is 11.8 Å². The molecule has 2 fully saturated rings. The molecule has 0 aromatic carbocycles. The molecule has 0 radical (unpaired) electrons. The highest BCUT2D eigenvalue weighted by molar-refractivity contribution is 8.00. The molecular formula is C12H19NO3S. The molecule has 0 aromatic rings. The van der Waals surface area contributed by atoms with Gasteiger partial charge in [0.2, 0.25) is 5.91 Å². The van der Waals surface area contributed by atoms with E-state index < -0.39 is 11.9 Å². The lowest BCUT2D eigenvalue weighted by Gasteiger charge is -2.34. The van der Waals surface area contributed by atoms with E-state index in [0.29, 0.717) is 17.6 Å². The first kappa shape index (κ1) is 12.7. The third-order valence-corrected chi connectivity index (χ3v) is 5.11. The molecule has 1 saturated heterocycles. The number of carbonyl (C=O) groups excluding carboxylic acids is 1. The van der Waals surface area contributed by atoms with Gasteiger partial charge in [-0.1, -0.05) is 13.8 Å². The van der Waals surface area contributed by atoms with Crippen LogP contribution in [0.5, 0.6) is 0 Å². The molecule has 5 heteroatoms. The average molecular weight is 257 g/mol. The lowest BCUT2D eigenvalue weighted by Crippen LogP contribution is -2.44. The average Bonchev–Trinajstić information content (AvgIpc) is 3.08. The molecule has 0 spiro atoms. The minimum absolute atomic E-state index is 0.0587. The van der Waals surface area contributed by atoms with E-state index in [0.717, 1.165) is 18.8 Å². The fourth-order valence-corrected chi connectivity index (χ4v) is 3.55. The number of hydrogen-bond acceptors (Lipinski definition) is 3. The summed E-state index contributed by atoms with van der Waals surface area (Å²) in [4.78, 5) is 24.7. The van der Waals surface area contributed by atoms with E-state index in [9.17, 15) is 9.59 Å². The number of carboxylic acid groups (broad SMARTS) is 1. The van der Waals surface area contributed by atoms with Crippen molar-refractivity contribution in [1.29, 1.82) is 0 Å². The predicted molar refractivity (Wildman–Crippen MR) is 66.9 cm³/mol. The summed E-state index contributed by atoms with van der Waals surface area (Å²) in [5, 5.41) is 9.33. The largest absolute Gasteiger partial charge is 0.481 e. The second-order valence-electron chi connectivity index (χ2n) is 5.22. The van der Waals surface area contributed by atoms with Gasteiger partial charge in [0.1, 0.15) is 0 Å². The smallest absolute Gasteiger partial charge is 0.307 e. The van der Waals surface area contributed by atoms with Gasteiger partial charge in [-0.15, -0.1) is 0 Å². The molecule has 4 nitrogen and oxygen atoms in total. The summed E-state index contributed by atoms with van der Waals surface area (Å²) >= 11 is 1.92. The van der Waals surface area contributed by atoms with E-state index >= 15 is 0 Å². The Bertz CT molecular complexity index is 332. The molecule has 0 aromatic heterocycles. The van der Waals surface area contributed by atoms with Gasteiger partial charge < -0.3 is 10.0 Å². The molecule has 1 N–H and O–H groups in total. The molecule has 1 amide bonds. The minimum atomic E-state index is -0.824. The fraction of sp³-hybridized carbons (Fsp3) is 0.833. The van der Waals surface area contributed by atoms with Gasteiger partial charge in [0.15, 0.2) is 0 Å². The number of nitrogens with zero attached hydrogens (tertiary/aromatic N) is 1. The van der Waals surface area contributed by atoms with Crippen molar-refractivity contribution in [2.75, 3.05) is 18.8 Å². The number of aliphatic carboxylic acids is 1. The van der Waals surface area contributed by atoms with Gasteiger partial charge >= 0.3 is 5.97 Å². The first-order chi connectivity index (χ1) is 8.00. The fourth-order valence-electron chi connectivity index (χ4n) is 2.25. The Kier molecular flexibility index (Phi) is 3.66. The predicted octanol–water partition coefficient (Wildman–Crippen LogP) is 1.31. The van der Waals surface area contributed by atoms with Crippen molar-refractivity contribution in [3.63, 3.8) is 0 Å². The Balaban J connectivity index is 1.90. The second-order valence-corrected chi connectivity index (χ2v) is 6.57. The van der Waals surface area contributed by atoms with E-state index in [1.54, 1.807) is 0 Å². The van der Waals surface area contributed by atoms with Crippen LogP contribution in [-0.4, -0.2) is 46.0 Å². The molecule has 2 aliphatic rings. The number of rotatable bonds is 3. The third-order valence-electron chi connectivity index (χ3n) is 3.57. The van der Waals surface area contributed by atoms with E-state index in [1.807, 2.05) is 16.7 Å². The van der Waals surface area contributed by atoms with Gasteiger partial charge in [0.25, 0.3) is 0 Å². The van der Waals surface area contributed by atoms with Crippen LogP contribution in [0.15, 0.2) is 0 Å². The van der Waals surface area contributed by atoms with Gasteiger partial charge in [0.05, 0.1) is 11.8 Å². The maximum atomic E-state index is 12.1. The zero-order valence-electron chi connectivity index (χ0n) is 10.3. The zero-order valence-corrected chi connectivity index (χ0v) is 11.1. The highest BCUT2D eigenvalue weighted by Gasteiger charge is 2.50. The molecule has 2 rings (SSSR count). The summed E-state index contributed by atoms with van der Waals surface area (Å²) in [6.07, 6.45) is 0.532. The van der Waals surface area contributed by atoms with Crippen LogP contribution in [-0.2, 0) is 9.59 Å². The monoisotopic (exact) mass is 257 g/mol. The number of amides is 1. The minimum Gasteiger partial charge on any atom is -0.481 e. The van der Waals surface area contributed by atoms with E-state index in [1.165, 1.54) is 0 Å². The number of hydrogen-bond donors (Lipinski definition) is 1. The number of carbonyl (C=O) groups is 2. The van der Waals surface area contributed by atoms with Gasteiger partial charge in [-0.25, -0.2) is 0 Å². The lowest BCUT2D eigenvalue weighted by atomic mass is 10.1. The van der Waals surface area contributed by atoms with Crippen LogP contribution in [0.25, 0.3) is 0 Å². The van der Waals surface area contributed by atoms with Gasteiger partial charge in [-0.3, -0.25) is 9.59 Å². The maximum Gasteiger partial charge on any atom is 0.307 e. The van der Waals surface area contributed by atoms with Crippen LogP contribution in [0.2, 0.25) is 0 Å². The highest BCUT2D eigenvalue weighted by Crippen LogP contribution is 2.41. The molecule has 1 saturated carbocycles. The lowest BCUT2D eigenvalue weighted by molar-refractivity contribution is -0.142. The topological polar surface area (TPSA) is 57.6 Å². The first-order valence-corrected chi connectivity index (χ1v) is 7.18. The van der Waals surface area contributed by atoms with Crippen molar-refractivity contribution in [2.24, 2.45) is 17.8 Å². The molecule has 1 heterocycles. The number of carboxylic acids is 1. The first-order valence-electron chi connectivity index (χ1n) is 6.14. The van der Waals surface area contributed by atoms with Crippen molar-refractivity contribution >= 4 is 23.6 Å². The van der Waals surface area contributed by atoms with Crippen LogP contribution >= 0.6 is 11.8 Å². The Hall–Kier alpha value is -0.710. The molecule has 96 valence electrons. The normalized spacial score (nSPS) is 32.6. The van der Waals surface area contributed by atoms with Crippen molar-refractivity contribution in [1.82, 2.24) is 4.90 Å². The van der Waals surface area contributed by atoms with Crippen molar-refractivity contribution in [2.45, 2.75) is 25.5 Å². The van der Waals surface area contributed by atoms with Crippen LogP contribution < -0.4 is 0 Å². The van der Waals surface area contributed by atoms with Crippen molar-refractivity contribution < 1.29 is 14.7 Å². The molecule has 3 atom stereocenters. The SMILES string of the molecule is CC(C)C1CN(C(=O)C2CC2C(=O)O)CCS1. The Morgan fingerprint density at radius 3 is 2.59 bits per heavy atom. The third kappa shape index (κ3) is 2.76. The Morgan fingerprint density at radius 1 is 1.35 bits per heavy atom. The summed E-state index contributed by atoms with van der Waals surface area (Å²) < 4.78 is 0. The van der Waals surface area contributed by atoms with Crippen LogP contribution in [0.1, 0.15) is 20.3 Å². The van der Waals surface area contributed by atoms with Crippen molar-refractivity contribution in [3.8, 4) is 0 Å². The molecule has 1 aliphatic heterocycles. The summed E-state index contributed by atoms with van der Waals surface area (Å²) in [6, 6.07) is 0. The van der Waals surface area contributed by atoms with Gasteiger partial charge in [0, 0.05) is 24.1 Å². The maximum absolute atomic E-state index is 12.1. The molecule has 1 aliphatic carbocycles. The summed E-state index contributed by atoms with van der Waals surface area (Å²) in [5.74, 6) is 0.0977. The van der Waals surface area contributed by atoms with E-state index in [2.05, 4.69) is 13.8 Å². The van der Waals surface area contributed by atoms with Crippen LogP contribution in [0, 0.1) is 17.8 Å². The quantitative estimate of drug-likeness (QED) is 0.828. The Morgan fingerprint density at radius 2 is 2.06 bits per heavy atom. The standard InChI is InChI=1S/C12H19NO3S/c1-7(2)10-6-13(3-4-17-10)11(14)8-5-9(8)12(15)16/h7-10H,3-6H2,1-2H3,(H,15,16). The molecule has 17 heavy (non-hydrogen) atoms. The highest BCUT2D eigenvalue weighted by atomic mass is 32.2. The zero-order chi connectivity index (χ0) is 12.6. The number of thioether (sulfide) groups is 1. The molecule has 0 bridgehead atoms. The Labute approximate surface area is 106 Å². The molecular weight excluding hydrogens is 238 g/mol. The summed E-state index contributed by atoms with van der Waals surface area (Å²) in [5.41, 5.74) is 0. The second kappa shape index (κ2) is 4.88.